The first-order valence-corrected chi connectivity index (χ1v) is 11.2. The SMILES string of the molecule is Cc1ccccc1CNC(=O)[C@]1(C)Cc2ccccc2C(=O)N1c1ccc(C(C)C)cc1. The minimum atomic E-state index is -1.03. The molecule has 164 valence electrons. The van der Waals surface area contributed by atoms with Crippen molar-refractivity contribution in [2.75, 3.05) is 4.90 Å². The highest BCUT2D eigenvalue weighted by molar-refractivity contribution is 6.14. The smallest absolute Gasteiger partial charge is 0.259 e. The van der Waals surface area contributed by atoms with Crippen molar-refractivity contribution in [3.8, 4) is 0 Å². The Labute approximate surface area is 190 Å². The lowest BCUT2D eigenvalue weighted by Gasteiger charge is -2.44. The Bertz CT molecular complexity index is 1150. The van der Waals surface area contributed by atoms with Gasteiger partial charge in [-0.05, 0) is 60.2 Å². The number of nitrogens with zero attached hydrogens (tertiary/aromatic N) is 1. The molecule has 0 spiro atoms. The van der Waals surface area contributed by atoms with Crippen molar-refractivity contribution < 1.29 is 9.59 Å². The van der Waals surface area contributed by atoms with E-state index in [4.69, 9.17) is 0 Å². The van der Waals surface area contributed by atoms with Gasteiger partial charge in [0.15, 0.2) is 0 Å². The lowest BCUT2D eigenvalue weighted by molar-refractivity contribution is -0.126. The number of rotatable bonds is 5. The summed E-state index contributed by atoms with van der Waals surface area (Å²) in [5.74, 6) is 0.0971. The van der Waals surface area contributed by atoms with Crippen molar-refractivity contribution in [2.24, 2.45) is 0 Å². The minimum absolute atomic E-state index is 0.141. The van der Waals surface area contributed by atoms with Crippen molar-refractivity contribution in [1.82, 2.24) is 5.32 Å². The highest BCUT2D eigenvalue weighted by Crippen LogP contribution is 2.36. The third-order valence-corrected chi connectivity index (χ3v) is 6.49. The molecule has 1 aliphatic heterocycles. The van der Waals surface area contributed by atoms with Gasteiger partial charge in [-0.3, -0.25) is 14.5 Å². The van der Waals surface area contributed by atoms with Crippen LogP contribution >= 0.6 is 0 Å². The lowest BCUT2D eigenvalue weighted by atomic mass is 9.82. The lowest BCUT2D eigenvalue weighted by Crippen LogP contribution is -2.63. The standard InChI is InChI=1S/C28H30N2O2/c1-19(2)21-13-15-24(16-14-21)30-26(31)25-12-8-7-10-22(25)17-28(30,4)27(32)29-18-23-11-6-5-9-20(23)3/h5-16,19H,17-18H2,1-4H3,(H,29,32)/t28-/m0/s1. The van der Waals surface area contributed by atoms with Gasteiger partial charge in [0, 0.05) is 24.2 Å². The van der Waals surface area contributed by atoms with Crippen molar-refractivity contribution >= 4 is 17.5 Å². The molecule has 4 nitrogen and oxygen atoms in total. The molecule has 4 rings (SSSR count). The summed E-state index contributed by atoms with van der Waals surface area (Å²) in [6, 6.07) is 23.6. The highest BCUT2D eigenvalue weighted by atomic mass is 16.2. The molecule has 1 N–H and O–H groups in total. The summed E-state index contributed by atoms with van der Waals surface area (Å²) in [4.78, 5) is 28.9. The Kier molecular flexibility index (Phi) is 5.88. The third kappa shape index (κ3) is 3.93. The molecule has 3 aromatic rings. The Morgan fingerprint density at radius 2 is 1.66 bits per heavy atom. The number of carbonyl (C=O) groups is 2. The van der Waals surface area contributed by atoms with Gasteiger partial charge >= 0.3 is 0 Å². The maximum absolute atomic E-state index is 13.6. The van der Waals surface area contributed by atoms with Gasteiger partial charge in [0.2, 0.25) is 5.91 Å². The predicted octanol–water partition coefficient (Wildman–Crippen LogP) is 5.40. The number of anilines is 1. The molecule has 0 bridgehead atoms. The van der Waals surface area contributed by atoms with E-state index in [1.807, 2.05) is 86.6 Å². The van der Waals surface area contributed by atoms with Crippen molar-refractivity contribution in [1.29, 1.82) is 0 Å². The average Bonchev–Trinajstić information content (AvgIpc) is 2.78. The third-order valence-electron chi connectivity index (χ3n) is 6.49. The number of nitrogens with one attached hydrogen (secondary N) is 1. The van der Waals surface area contributed by atoms with E-state index in [0.29, 0.717) is 24.4 Å². The number of fused-ring (bicyclic) bond motifs is 1. The minimum Gasteiger partial charge on any atom is -0.350 e. The fourth-order valence-corrected chi connectivity index (χ4v) is 4.44. The molecule has 0 saturated heterocycles. The van der Waals surface area contributed by atoms with Crippen LogP contribution in [0.5, 0.6) is 0 Å². The molecule has 32 heavy (non-hydrogen) atoms. The van der Waals surface area contributed by atoms with Crippen LogP contribution in [0.1, 0.15) is 59.3 Å². The van der Waals surface area contributed by atoms with Crippen LogP contribution in [0.2, 0.25) is 0 Å². The van der Waals surface area contributed by atoms with Gasteiger partial charge in [0.1, 0.15) is 5.54 Å². The summed E-state index contributed by atoms with van der Waals surface area (Å²) < 4.78 is 0. The summed E-state index contributed by atoms with van der Waals surface area (Å²) in [5, 5.41) is 3.10. The molecule has 2 amide bonds. The van der Waals surface area contributed by atoms with Gasteiger partial charge in [-0.15, -0.1) is 0 Å². The molecule has 1 heterocycles. The molecule has 0 fully saturated rings. The summed E-state index contributed by atoms with van der Waals surface area (Å²) in [6.45, 7) is 8.61. The molecule has 1 aliphatic rings. The van der Waals surface area contributed by atoms with Crippen LogP contribution in [-0.4, -0.2) is 17.4 Å². The fraction of sp³-hybridized carbons (Fsp3) is 0.286. The van der Waals surface area contributed by atoms with E-state index in [-0.39, 0.29) is 11.8 Å². The normalized spacial score (nSPS) is 17.9. The first-order valence-electron chi connectivity index (χ1n) is 11.2. The number of amides is 2. The maximum Gasteiger partial charge on any atom is 0.259 e. The predicted molar refractivity (Wildman–Crippen MR) is 129 cm³/mol. The number of hydrogen-bond donors (Lipinski definition) is 1. The molecule has 0 aromatic heterocycles. The van der Waals surface area contributed by atoms with Crippen LogP contribution in [0.4, 0.5) is 5.69 Å². The van der Waals surface area contributed by atoms with E-state index < -0.39 is 5.54 Å². The molecule has 0 unspecified atom stereocenters. The fourth-order valence-electron chi connectivity index (χ4n) is 4.44. The van der Waals surface area contributed by atoms with Gasteiger partial charge in [0.25, 0.3) is 5.91 Å². The van der Waals surface area contributed by atoms with E-state index in [1.165, 1.54) is 5.56 Å². The molecule has 0 radical (unpaired) electrons. The topological polar surface area (TPSA) is 49.4 Å². The molecular weight excluding hydrogens is 396 g/mol. The zero-order valence-corrected chi connectivity index (χ0v) is 19.2. The second-order valence-corrected chi connectivity index (χ2v) is 9.10. The van der Waals surface area contributed by atoms with Crippen molar-refractivity contribution in [3.05, 3.63) is 101 Å². The van der Waals surface area contributed by atoms with Crippen LogP contribution in [0.15, 0.2) is 72.8 Å². The molecule has 0 saturated carbocycles. The van der Waals surface area contributed by atoms with E-state index in [2.05, 4.69) is 19.2 Å². The Morgan fingerprint density at radius 3 is 2.34 bits per heavy atom. The maximum atomic E-state index is 13.6. The zero-order valence-electron chi connectivity index (χ0n) is 19.2. The summed E-state index contributed by atoms with van der Waals surface area (Å²) in [7, 11) is 0. The first kappa shape index (κ1) is 21.8. The molecule has 3 aromatic carbocycles. The molecule has 1 atom stereocenters. The Morgan fingerprint density at radius 1 is 1.00 bits per heavy atom. The summed E-state index contributed by atoms with van der Waals surface area (Å²) in [6.07, 6.45) is 0.459. The van der Waals surface area contributed by atoms with Gasteiger partial charge in [-0.1, -0.05) is 68.4 Å². The van der Waals surface area contributed by atoms with E-state index >= 15 is 0 Å². The van der Waals surface area contributed by atoms with Crippen molar-refractivity contribution in [2.45, 2.75) is 52.1 Å². The molecule has 4 heteroatoms. The van der Waals surface area contributed by atoms with Crippen LogP contribution in [0.25, 0.3) is 0 Å². The second kappa shape index (κ2) is 8.62. The Balaban J connectivity index is 1.71. The monoisotopic (exact) mass is 426 g/mol. The molecular formula is C28H30N2O2. The largest absolute Gasteiger partial charge is 0.350 e. The van der Waals surface area contributed by atoms with E-state index in [9.17, 15) is 9.59 Å². The van der Waals surface area contributed by atoms with Crippen molar-refractivity contribution in [3.63, 3.8) is 0 Å². The summed E-state index contributed by atoms with van der Waals surface area (Å²) >= 11 is 0. The first-order chi connectivity index (χ1) is 15.3. The van der Waals surface area contributed by atoms with E-state index in [0.717, 1.165) is 22.4 Å². The van der Waals surface area contributed by atoms with Gasteiger partial charge in [0.05, 0.1) is 0 Å². The van der Waals surface area contributed by atoms with Crippen LogP contribution < -0.4 is 10.2 Å². The highest BCUT2D eigenvalue weighted by Gasteiger charge is 2.47. The molecule has 0 aliphatic carbocycles. The van der Waals surface area contributed by atoms with Gasteiger partial charge in [-0.2, -0.15) is 0 Å². The number of carbonyl (C=O) groups excluding carboxylic acids is 2. The average molecular weight is 427 g/mol. The zero-order chi connectivity index (χ0) is 22.9. The van der Waals surface area contributed by atoms with Crippen LogP contribution in [0.3, 0.4) is 0 Å². The van der Waals surface area contributed by atoms with Crippen LogP contribution in [0, 0.1) is 6.92 Å². The Hall–Kier alpha value is -3.40. The number of benzene rings is 3. The number of hydrogen-bond acceptors (Lipinski definition) is 2. The quantitative estimate of drug-likeness (QED) is 0.594. The summed E-state index contributed by atoms with van der Waals surface area (Å²) in [5.41, 5.74) is 4.66. The van der Waals surface area contributed by atoms with Gasteiger partial charge in [-0.25, -0.2) is 0 Å². The van der Waals surface area contributed by atoms with Crippen LogP contribution in [-0.2, 0) is 17.8 Å². The van der Waals surface area contributed by atoms with Gasteiger partial charge < -0.3 is 5.32 Å². The second-order valence-electron chi connectivity index (χ2n) is 9.10. The number of aryl methyl sites for hydroxylation is 1. The van der Waals surface area contributed by atoms with E-state index in [1.54, 1.807) is 4.90 Å².